The first-order chi connectivity index (χ1) is 7.40. The van der Waals surface area contributed by atoms with Crippen LogP contribution in [0.4, 0.5) is 5.13 Å². The molecule has 1 N–H and O–H groups in total. The largest absolute Gasteiger partial charge is 0.357 e. The van der Waals surface area contributed by atoms with Crippen molar-refractivity contribution in [3.8, 4) is 10.6 Å². The first-order valence-corrected chi connectivity index (χ1v) is 5.30. The lowest BCUT2D eigenvalue weighted by Crippen LogP contribution is -1.96. The molecule has 4 nitrogen and oxygen atoms in total. The molecule has 0 radical (unpaired) electrons. The van der Waals surface area contributed by atoms with Crippen LogP contribution in [0.25, 0.3) is 10.6 Å². The maximum Gasteiger partial charge on any atom is 0.206 e. The van der Waals surface area contributed by atoms with Crippen molar-refractivity contribution < 1.29 is 0 Å². The van der Waals surface area contributed by atoms with Gasteiger partial charge in [0.05, 0.1) is 0 Å². The smallest absolute Gasteiger partial charge is 0.206 e. The molecule has 0 fully saturated rings. The molecule has 2 heterocycles. The Kier molecular flexibility index (Phi) is 3.04. The molecule has 2 rings (SSSR count). The summed E-state index contributed by atoms with van der Waals surface area (Å²) in [6, 6.07) is 3.85. The van der Waals surface area contributed by atoms with Gasteiger partial charge in [-0.2, -0.15) is 0 Å². The van der Waals surface area contributed by atoms with Crippen molar-refractivity contribution in [1.82, 2.24) is 15.2 Å². The molecule has 2 aromatic heterocycles. The van der Waals surface area contributed by atoms with Gasteiger partial charge < -0.3 is 5.32 Å². The van der Waals surface area contributed by atoms with Gasteiger partial charge in [-0.3, -0.25) is 4.98 Å². The number of aromatic nitrogens is 3. The molecule has 0 aliphatic rings. The topological polar surface area (TPSA) is 50.7 Å². The summed E-state index contributed by atoms with van der Waals surface area (Å²) in [5, 5.41) is 12.8. The van der Waals surface area contributed by atoms with Gasteiger partial charge in [0.25, 0.3) is 0 Å². The molecule has 15 heavy (non-hydrogen) atoms. The fourth-order valence-corrected chi connectivity index (χ4v) is 1.80. The Morgan fingerprint density at radius 1 is 1.47 bits per heavy atom. The van der Waals surface area contributed by atoms with E-state index in [9.17, 15) is 0 Å². The van der Waals surface area contributed by atoms with Gasteiger partial charge in [-0.15, -0.1) is 16.8 Å². The minimum absolute atomic E-state index is 0.696. The Bertz CT molecular complexity index is 438. The summed E-state index contributed by atoms with van der Waals surface area (Å²) < 4.78 is 0. The summed E-state index contributed by atoms with van der Waals surface area (Å²) in [5.41, 5.74) is 0.988. The number of hydrogen-bond acceptors (Lipinski definition) is 5. The van der Waals surface area contributed by atoms with E-state index in [0.29, 0.717) is 6.54 Å². The Hall–Kier alpha value is -1.75. The van der Waals surface area contributed by atoms with Crippen LogP contribution in [0.1, 0.15) is 0 Å². The monoisotopic (exact) mass is 218 g/mol. The van der Waals surface area contributed by atoms with E-state index in [1.807, 2.05) is 12.1 Å². The van der Waals surface area contributed by atoms with Gasteiger partial charge in [-0.25, -0.2) is 0 Å². The molecule has 0 bridgehead atoms. The van der Waals surface area contributed by atoms with Crippen LogP contribution < -0.4 is 5.32 Å². The zero-order chi connectivity index (χ0) is 10.5. The van der Waals surface area contributed by atoms with Crippen molar-refractivity contribution in [1.29, 1.82) is 0 Å². The molecule has 0 amide bonds. The highest BCUT2D eigenvalue weighted by Crippen LogP contribution is 2.24. The van der Waals surface area contributed by atoms with Gasteiger partial charge in [-0.05, 0) is 12.1 Å². The lowest BCUT2D eigenvalue weighted by molar-refractivity contribution is 1.08. The van der Waals surface area contributed by atoms with Crippen LogP contribution in [0.3, 0.4) is 0 Å². The maximum atomic E-state index is 4.07. The molecule has 0 aliphatic heterocycles. The highest BCUT2D eigenvalue weighted by molar-refractivity contribution is 7.18. The molecular weight excluding hydrogens is 208 g/mol. The van der Waals surface area contributed by atoms with Crippen molar-refractivity contribution in [2.45, 2.75) is 0 Å². The van der Waals surface area contributed by atoms with E-state index in [1.165, 1.54) is 11.3 Å². The second kappa shape index (κ2) is 4.65. The van der Waals surface area contributed by atoms with Gasteiger partial charge in [-0.1, -0.05) is 17.4 Å². The highest BCUT2D eigenvalue weighted by Gasteiger charge is 2.04. The quantitative estimate of drug-likeness (QED) is 0.799. The van der Waals surface area contributed by atoms with Gasteiger partial charge in [0.1, 0.15) is 0 Å². The van der Waals surface area contributed by atoms with E-state index < -0.39 is 0 Å². The predicted octanol–water partition coefficient (Wildman–Crippen LogP) is 2.20. The molecule has 0 atom stereocenters. The lowest BCUT2D eigenvalue weighted by atomic mass is 10.3. The van der Waals surface area contributed by atoms with Crippen LogP contribution in [0, 0.1) is 0 Å². The third-order valence-corrected chi connectivity index (χ3v) is 2.66. The molecule has 2 aromatic rings. The minimum atomic E-state index is 0.696. The Labute approximate surface area is 91.7 Å². The predicted molar refractivity (Wildman–Crippen MR) is 61.8 cm³/mol. The van der Waals surface area contributed by atoms with Crippen molar-refractivity contribution in [2.24, 2.45) is 0 Å². The number of nitrogens with zero attached hydrogens (tertiary/aromatic N) is 3. The fourth-order valence-electron chi connectivity index (χ4n) is 1.06. The summed E-state index contributed by atoms with van der Waals surface area (Å²) in [6.07, 6.45) is 5.30. The van der Waals surface area contributed by atoms with E-state index >= 15 is 0 Å². The summed E-state index contributed by atoms with van der Waals surface area (Å²) in [6.45, 7) is 4.32. The molecule has 0 unspecified atom stereocenters. The third kappa shape index (κ3) is 2.38. The van der Waals surface area contributed by atoms with Gasteiger partial charge in [0, 0.05) is 24.5 Å². The zero-order valence-corrected chi connectivity index (χ0v) is 8.87. The maximum absolute atomic E-state index is 4.07. The second-order valence-electron chi connectivity index (χ2n) is 2.82. The van der Waals surface area contributed by atoms with Crippen LogP contribution in [0.5, 0.6) is 0 Å². The van der Waals surface area contributed by atoms with E-state index in [0.717, 1.165) is 15.7 Å². The van der Waals surface area contributed by atoms with Gasteiger partial charge in [0.15, 0.2) is 5.01 Å². The van der Waals surface area contributed by atoms with Crippen LogP contribution in [0.2, 0.25) is 0 Å². The standard InChI is InChI=1S/C10H10N4S/c1-2-5-12-10-14-13-9(15-10)8-4-3-6-11-7-8/h2-4,6-7H,1,5H2,(H,12,14). The number of hydrogen-bond donors (Lipinski definition) is 1. The molecule has 76 valence electrons. The van der Waals surface area contributed by atoms with E-state index in [2.05, 4.69) is 27.1 Å². The van der Waals surface area contributed by atoms with Crippen molar-refractivity contribution in [2.75, 3.05) is 11.9 Å². The first-order valence-electron chi connectivity index (χ1n) is 4.49. The molecular formula is C10H10N4S. The normalized spacial score (nSPS) is 9.87. The summed E-state index contributed by atoms with van der Waals surface area (Å²) in [7, 11) is 0. The summed E-state index contributed by atoms with van der Waals surface area (Å²) >= 11 is 1.50. The average Bonchev–Trinajstić information content (AvgIpc) is 2.76. The van der Waals surface area contributed by atoms with Crippen LogP contribution in [-0.2, 0) is 0 Å². The summed E-state index contributed by atoms with van der Waals surface area (Å²) in [4.78, 5) is 4.03. The second-order valence-corrected chi connectivity index (χ2v) is 3.80. The number of pyridine rings is 1. The van der Waals surface area contributed by atoms with E-state index in [1.54, 1.807) is 18.5 Å². The van der Waals surface area contributed by atoms with Crippen molar-refractivity contribution in [3.63, 3.8) is 0 Å². The molecule has 5 heteroatoms. The summed E-state index contributed by atoms with van der Waals surface area (Å²) in [5.74, 6) is 0. The number of rotatable bonds is 4. The average molecular weight is 218 g/mol. The molecule has 0 aromatic carbocycles. The molecule has 0 spiro atoms. The minimum Gasteiger partial charge on any atom is -0.357 e. The van der Waals surface area contributed by atoms with Gasteiger partial charge in [0.2, 0.25) is 5.13 Å². The lowest BCUT2D eigenvalue weighted by Gasteiger charge is -1.93. The Balaban J connectivity index is 2.17. The van der Waals surface area contributed by atoms with E-state index in [4.69, 9.17) is 0 Å². The molecule has 0 saturated heterocycles. The molecule has 0 saturated carbocycles. The SMILES string of the molecule is C=CCNc1nnc(-c2cccnc2)s1. The highest BCUT2D eigenvalue weighted by atomic mass is 32.1. The first kappa shape index (κ1) is 9.79. The Morgan fingerprint density at radius 2 is 2.40 bits per heavy atom. The molecule has 0 aliphatic carbocycles. The zero-order valence-electron chi connectivity index (χ0n) is 8.05. The van der Waals surface area contributed by atoms with Crippen LogP contribution >= 0.6 is 11.3 Å². The van der Waals surface area contributed by atoms with Crippen LogP contribution in [0.15, 0.2) is 37.2 Å². The fraction of sp³-hybridized carbons (Fsp3) is 0.100. The number of anilines is 1. The van der Waals surface area contributed by atoms with E-state index in [-0.39, 0.29) is 0 Å². The van der Waals surface area contributed by atoms with Gasteiger partial charge >= 0.3 is 0 Å². The third-order valence-electron chi connectivity index (χ3n) is 1.73. The van der Waals surface area contributed by atoms with Crippen molar-refractivity contribution >= 4 is 16.5 Å². The van der Waals surface area contributed by atoms with Crippen LogP contribution in [-0.4, -0.2) is 21.7 Å². The van der Waals surface area contributed by atoms with Crippen molar-refractivity contribution in [3.05, 3.63) is 37.2 Å². The Morgan fingerprint density at radius 3 is 3.13 bits per heavy atom. The number of nitrogens with one attached hydrogen (secondary N) is 1.